The summed E-state index contributed by atoms with van der Waals surface area (Å²) in [5.41, 5.74) is 5.65. The smallest absolute Gasteiger partial charge is 0.261 e. The number of thioether (sulfide) groups is 1. The van der Waals surface area contributed by atoms with Crippen LogP contribution in [0.4, 0.5) is 5.95 Å². The Balaban J connectivity index is 1.28. The van der Waals surface area contributed by atoms with Crippen LogP contribution in [0.25, 0.3) is 0 Å². The molecular weight excluding hydrogens is 589 g/mol. The first-order chi connectivity index (χ1) is 22.6. The van der Waals surface area contributed by atoms with Crippen molar-refractivity contribution in [1.82, 2.24) is 14.9 Å². The minimum Gasteiger partial charge on any atom is -0.335 e. The number of carbonyl (C=O) groups excluding carboxylic acids is 2. The van der Waals surface area contributed by atoms with E-state index in [1.54, 1.807) is 12.1 Å². The molecule has 7 heteroatoms. The van der Waals surface area contributed by atoms with Gasteiger partial charge in [0, 0.05) is 30.7 Å². The lowest BCUT2D eigenvalue weighted by molar-refractivity contribution is 0.0645. The fourth-order valence-electron chi connectivity index (χ4n) is 6.88. The van der Waals surface area contributed by atoms with Gasteiger partial charge in [0.25, 0.3) is 11.8 Å². The van der Waals surface area contributed by atoms with Crippen LogP contribution < -0.4 is 4.90 Å². The van der Waals surface area contributed by atoms with Gasteiger partial charge < -0.3 is 4.90 Å². The minimum atomic E-state index is -0.490. The van der Waals surface area contributed by atoms with E-state index in [9.17, 15) is 9.59 Å². The lowest BCUT2D eigenvalue weighted by Gasteiger charge is -2.37. The van der Waals surface area contributed by atoms with Gasteiger partial charge in [-0.1, -0.05) is 116 Å². The van der Waals surface area contributed by atoms with Gasteiger partial charge in [-0.15, -0.1) is 11.8 Å². The summed E-state index contributed by atoms with van der Waals surface area (Å²) < 4.78 is -0.490. The van der Waals surface area contributed by atoms with E-state index >= 15 is 0 Å². The molecule has 2 amide bonds. The number of nitrogens with zero attached hydrogens (tertiary/aromatic N) is 4. The number of rotatable bonds is 10. The summed E-state index contributed by atoms with van der Waals surface area (Å²) in [6, 6.07) is 39.1. The maximum atomic E-state index is 13.5. The second-order valence-electron chi connectivity index (χ2n) is 12.0. The van der Waals surface area contributed by atoms with Crippen LogP contribution in [0.1, 0.15) is 62.7 Å². The van der Waals surface area contributed by atoms with Gasteiger partial charge in [-0.3, -0.25) is 14.5 Å². The number of fused-ring (bicyclic) bond motifs is 1. The molecule has 0 radical (unpaired) electrons. The van der Waals surface area contributed by atoms with Crippen LogP contribution in [0.3, 0.4) is 0 Å². The molecule has 1 aromatic heterocycles. The molecule has 0 spiro atoms. The van der Waals surface area contributed by atoms with Crippen molar-refractivity contribution >= 4 is 29.5 Å². The van der Waals surface area contributed by atoms with Gasteiger partial charge in [-0.25, -0.2) is 9.97 Å². The van der Waals surface area contributed by atoms with Crippen molar-refractivity contribution in [1.29, 1.82) is 0 Å². The Labute approximate surface area is 274 Å². The zero-order chi connectivity index (χ0) is 31.5. The quantitative estimate of drug-likeness (QED) is 0.119. The van der Waals surface area contributed by atoms with Gasteiger partial charge in [0.05, 0.1) is 21.9 Å². The first-order valence-corrected chi connectivity index (χ1v) is 16.8. The largest absolute Gasteiger partial charge is 0.335 e. The molecule has 2 aliphatic heterocycles. The van der Waals surface area contributed by atoms with E-state index in [0.717, 1.165) is 24.8 Å². The average molecular weight is 625 g/mol. The Morgan fingerprint density at radius 3 is 1.67 bits per heavy atom. The highest BCUT2D eigenvalue weighted by molar-refractivity contribution is 8.01. The number of anilines is 1. The van der Waals surface area contributed by atoms with Crippen LogP contribution >= 0.6 is 11.8 Å². The van der Waals surface area contributed by atoms with Crippen LogP contribution in [0.15, 0.2) is 128 Å². The van der Waals surface area contributed by atoms with Crippen molar-refractivity contribution in [2.24, 2.45) is 0 Å². The Morgan fingerprint density at radius 2 is 1.20 bits per heavy atom. The summed E-state index contributed by atoms with van der Waals surface area (Å²) in [7, 11) is 0. The third kappa shape index (κ3) is 5.49. The normalized spacial score (nSPS) is 17.8. The van der Waals surface area contributed by atoms with Gasteiger partial charge in [-0.2, -0.15) is 0 Å². The molecule has 1 saturated heterocycles. The molecule has 0 saturated carbocycles. The Hall–Kier alpha value is -4.75. The first kappa shape index (κ1) is 29.9. The number of amides is 2. The van der Waals surface area contributed by atoms with E-state index in [1.165, 1.54) is 21.6 Å². The lowest BCUT2D eigenvalue weighted by Crippen LogP contribution is -2.43. The molecular formula is C39H36N4O2S. The van der Waals surface area contributed by atoms with Crippen LogP contribution in [-0.4, -0.2) is 51.1 Å². The van der Waals surface area contributed by atoms with Crippen molar-refractivity contribution in [3.05, 3.63) is 161 Å². The lowest BCUT2D eigenvalue weighted by atomic mass is 9.84. The fourth-order valence-corrected chi connectivity index (χ4v) is 8.75. The average Bonchev–Trinajstić information content (AvgIpc) is 3.62. The number of hydrogen-bond acceptors (Lipinski definition) is 6. The van der Waals surface area contributed by atoms with Crippen molar-refractivity contribution in [3.8, 4) is 0 Å². The molecule has 0 bridgehead atoms. The van der Waals surface area contributed by atoms with Gasteiger partial charge >= 0.3 is 0 Å². The molecule has 0 N–H and O–H groups in total. The van der Waals surface area contributed by atoms with Crippen LogP contribution in [0, 0.1) is 0 Å². The standard InChI is InChI=1S/C39H36N4O2S/c1-2-14-28-24-40-38(41-25-28)42-27-33(23-32(42)26-43-36(44)34-21-12-13-22-35(34)37(43)45)46-39(29-15-6-3-7-16-29,30-17-8-4-9-18-30)31-19-10-5-11-20-31/h3-13,15-22,24-25,32-33H,2,14,23,26-27H2,1H3/t32-,33+/m0/s1. The molecule has 0 aliphatic carbocycles. The summed E-state index contributed by atoms with van der Waals surface area (Å²) in [4.78, 5) is 40.2. The Bertz CT molecular complexity index is 1680. The van der Waals surface area contributed by atoms with E-state index < -0.39 is 4.75 Å². The monoisotopic (exact) mass is 624 g/mol. The fraction of sp³-hybridized carbons (Fsp3) is 0.231. The maximum Gasteiger partial charge on any atom is 0.261 e. The maximum absolute atomic E-state index is 13.5. The molecule has 6 nitrogen and oxygen atoms in total. The third-order valence-corrected chi connectivity index (χ3v) is 10.8. The van der Waals surface area contributed by atoms with Crippen LogP contribution in [-0.2, 0) is 11.2 Å². The number of imide groups is 1. The van der Waals surface area contributed by atoms with Crippen molar-refractivity contribution in [2.75, 3.05) is 18.0 Å². The van der Waals surface area contributed by atoms with E-state index in [4.69, 9.17) is 9.97 Å². The highest BCUT2D eigenvalue weighted by Gasteiger charge is 2.46. The van der Waals surface area contributed by atoms with Gasteiger partial charge in [0.15, 0.2) is 0 Å². The summed E-state index contributed by atoms with van der Waals surface area (Å²) in [6.07, 6.45) is 6.52. The molecule has 230 valence electrons. The molecule has 7 rings (SSSR count). The van der Waals surface area contributed by atoms with Gasteiger partial charge in [0.1, 0.15) is 0 Å². The molecule has 2 aliphatic rings. The molecule has 2 atom stereocenters. The Kier molecular flexibility index (Phi) is 8.41. The summed E-state index contributed by atoms with van der Waals surface area (Å²) in [5.74, 6) is 0.167. The van der Waals surface area contributed by atoms with E-state index in [0.29, 0.717) is 23.6 Å². The number of carbonyl (C=O) groups is 2. The van der Waals surface area contributed by atoms with Crippen molar-refractivity contribution < 1.29 is 9.59 Å². The van der Waals surface area contributed by atoms with Gasteiger partial charge in [-0.05, 0) is 47.2 Å². The highest BCUT2D eigenvalue weighted by Crippen LogP contribution is 2.52. The number of benzene rings is 4. The van der Waals surface area contributed by atoms with E-state index in [2.05, 4.69) is 103 Å². The highest BCUT2D eigenvalue weighted by atomic mass is 32.2. The predicted molar refractivity (Wildman–Crippen MR) is 184 cm³/mol. The summed E-state index contributed by atoms with van der Waals surface area (Å²) in [5, 5.41) is 0.139. The Morgan fingerprint density at radius 1 is 0.717 bits per heavy atom. The third-order valence-electron chi connectivity index (χ3n) is 9.02. The van der Waals surface area contributed by atoms with Crippen LogP contribution in [0.5, 0.6) is 0 Å². The zero-order valence-electron chi connectivity index (χ0n) is 25.8. The zero-order valence-corrected chi connectivity index (χ0v) is 26.6. The molecule has 4 aromatic carbocycles. The van der Waals surface area contributed by atoms with Crippen molar-refractivity contribution in [3.63, 3.8) is 0 Å². The molecule has 1 fully saturated rings. The molecule has 0 unspecified atom stereocenters. The summed E-state index contributed by atoms with van der Waals surface area (Å²) in [6.45, 7) is 3.10. The first-order valence-electron chi connectivity index (χ1n) is 16.0. The number of aryl methyl sites for hydroxylation is 1. The predicted octanol–water partition coefficient (Wildman–Crippen LogP) is 7.40. The number of hydrogen-bond donors (Lipinski definition) is 0. The van der Waals surface area contributed by atoms with Crippen LogP contribution in [0.2, 0.25) is 0 Å². The van der Waals surface area contributed by atoms with E-state index in [-0.39, 0.29) is 29.7 Å². The van der Waals surface area contributed by atoms with E-state index in [1.807, 2.05) is 36.3 Å². The van der Waals surface area contributed by atoms with Gasteiger partial charge in [0.2, 0.25) is 5.95 Å². The molecule has 5 aromatic rings. The molecule has 3 heterocycles. The summed E-state index contributed by atoms with van der Waals surface area (Å²) >= 11 is 1.93. The second-order valence-corrected chi connectivity index (χ2v) is 13.5. The number of aromatic nitrogens is 2. The minimum absolute atomic E-state index is 0.139. The second kappa shape index (κ2) is 12.9. The topological polar surface area (TPSA) is 66.4 Å². The van der Waals surface area contributed by atoms with Crippen molar-refractivity contribution in [2.45, 2.75) is 42.2 Å². The molecule has 46 heavy (non-hydrogen) atoms. The SMILES string of the molecule is CCCc1cnc(N2C[C@H](SC(c3ccccc3)(c3ccccc3)c3ccccc3)C[C@H]2CN2C(=O)c3ccccc3C2=O)nc1.